The number of aromatic nitrogens is 2. The van der Waals surface area contributed by atoms with Crippen LogP contribution in [-0.2, 0) is 17.6 Å². The Morgan fingerprint density at radius 2 is 1.92 bits per heavy atom. The smallest absolute Gasteiger partial charge is 0.142 e. The van der Waals surface area contributed by atoms with Gasteiger partial charge in [0.2, 0.25) is 0 Å². The lowest BCUT2D eigenvalue weighted by Crippen LogP contribution is -1.93. The number of benzene rings is 2. The number of carbonyl (C=O) groups is 1. The second-order valence-electron chi connectivity index (χ2n) is 5.31. The maximum Gasteiger partial charge on any atom is 0.142 e. The minimum atomic E-state index is -0.219. The number of rotatable bonds is 5. The van der Waals surface area contributed by atoms with Crippen molar-refractivity contribution in [3.63, 3.8) is 0 Å². The molecular weight excluding hydrogens is 321 g/mol. The molecule has 0 atom stereocenters. The number of aryl methyl sites for hydroxylation is 2. The molecule has 0 saturated carbocycles. The molecule has 1 heterocycles. The molecule has 0 unspecified atom stereocenters. The molecule has 0 aliphatic carbocycles. The Labute approximate surface area is 145 Å². The van der Waals surface area contributed by atoms with Crippen LogP contribution in [0.1, 0.15) is 17.0 Å². The number of nitrogens with zero attached hydrogens (tertiary/aromatic N) is 1. The number of halogens is 1. The number of hydrogen-bond donors (Lipinski definition) is 3. The van der Waals surface area contributed by atoms with Gasteiger partial charge in [-0.15, -0.1) is 0 Å². The van der Waals surface area contributed by atoms with Crippen molar-refractivity contribution in [3.8, 4) is 0 Å². The van der Waals surface area contributed by atoms with Gasteiger partial charge >= 0.3 is 0 Å². The van der Waals surface area contributed by atoms with Gasteiger partial charge in [-0.1, -0.05) is 24.3 Å². The van der Waals surface area contributed by atoms with Crippen LogP contribution in [0.25, 0.3) is 17.1 Å². The molecule has 0 amide bonds. The SMILES string of the molecule is CNO.O=C/C=C/c1ccc2nc(CCc3ccc(F)cc3)[nH]c2c1. The number of carbonyl (C=O) groups excluding carboxylic acids is 1. The summed E-state index contributed by atoms with van der Waals surface area (Å²) in [4.78, 5) is 18.2. The first-order valence-corrected chi connectivity index (χ1v) is 7.82. The van der Waals surface area contributed by atoms with Gasteiger partial charge in [-0.3, -0.25) is 4.79 Å². The summed E-state index contributed by atoms with van der Waals surface area (Å²) in [5, 5.41) is 7.32. The van der Waals surface area contributed by atoms with Gasteiger partial charge in [0.25, 0.3) is 0 Å². The molecule has 5 nitrogen and oxygen atoms in total. The first-order valence-electron chi connectivity index (χ1n) is 7.82. The van der Waals surface area contributed by atoms with E-state index < -0.39 is 0 Å². The number of fused-ring (bicyclic) bond motifs is 1. The van der Waals surface area contributed by atoms with E-state index in [0.29, 0.717) is 0 Å². The zero-order valence-electron chi connectivity index (χ0n) is 13.9. The molecular formula is C19H20FN3O2. The predicted octanol–water partition coefficient (Wildman–Crippen LogP) is 3.29. The molecule has 0 saturated heterocycles. The molecule has 130 valence electrons. The third kappa shape index (κ3) is 5.63. The van der Waals surface area contributed by atoms with Crippen LogP contribution >= 0.6 is 0 Å². The van der Waals surface area contributed by atoms with E-state index >= 15 is 0 Å². The lowest BCUT2D eigenvalue weighted by atomic mass is 10.1. The summed E-state index contributed by atoms with van der Waals surface area (Å²) in [6.45, 7) is 0. The minimum Gasteiger partial charge on any atom is -0.342 e. The summed E-state index contributed by atoms with van der Waals surface area (Å²) in [5.74, 6) is 0.680. The summed E-state index contributed by atoms with van der Waals surface area (Å²) < 4.78 is 12.9. The molecule has 3 aromatic rings. The van der Waals surface area contributed by atoms with E-state index in [-0.39, 0.29) is 5.82 Å². The number of nitrogens with one attached hydrogen (secondary N) is 2. The van der Waals surface area contributed by atoms with Crippen molar-refractivity contribution in [2.75, 3.05) is 7.05 Å². The van der Waals surface area contributed by atoms with Crippen LogP contribution < -0.4 is 5.48 Å². The molecule has 0 spiro atoms. The van der Waals surface area contributed by atoms with E-state index in [1.165, 1.54) is 25.3 Å². The molecule has 3 N–H and O–H groups in total. The molecule has 6 heteroatoms. The predicted molar refractivity (Wildman–Crippen MR) is 95.8 cm³/mol. The molecule has 0 bridgehead atoms. The van der Waals surface area contributed by atoms with Gasteiger partial charge in [0, 0.05) is 13.5 Å². The van der Waals surface area contributed by atoms with Crippen LogP contribution in [0.4, 0.5) is 4.39 Å². The number of aldehydes is 1. The van der Waals surface area contributed by atoms with Gasteiger partial charge in [0.15, 0.2) is 0 Å². The highest BCUT2D eigenvalue weighted by molar-refractivity contribution is 5.80. The number of hydroxylamine groups is 1. The summed E-state index contributed by atoms with van der Waals surface area (Å²) in [5.41, 5.74) is 5.63. The van der Waals surface area contributed by atoms with Gasteiger partial charge in [-0.05, 0) is 47.9 Å². The molecule has 0 aliphatic heterocycles. The largest absolute Gasteiger partial charge is 0.342 e. The monoisotopic (exact) mass is 341 g/mol. The van der Waals surface area contributed by atoms with Crippen molar-refractivity contribution in [2.45, 2.75) is 12.8 Å². The molecule has 3 rings (SSSR count). The highest BCUT2D eigenvalue weighted by Gasteiger charge is 2.04. The standard InChI is InChI=1S/C18H15FN2O.CH5NO/c19-15-7-3-13(4-8-15)6-10-18-20-16-9-5-14(2-1-11-22)12-17(16)21-18;1-2-3/h1-5,7-9,11-12H,6,10H2,(H,20,21);2-3H,1H3/b2-1+;. The summed E-state index contributed by atoms with van der Waals surface area (Å²) in [7, 11) is 1.43. The quantitative estimate of drug-likeness (QED) is 0.378. The number of imidazole rings is 1. The minimum absolute atomic E-state index is 0.219. The number of hydrogen-bond acceptors (Lipinski definition) is 4. The van der Waals surface area contributed by atoms with Crippen LogP contribution in [0, 0.1) is 5.82 Å². The van der Waals surface area contributed by atoms with Crippen LogP contribution in [-0.4, -0.2) is 28.5 Å². The van der Waals surface area contributed by atoms with E-state index in [1.807, 2.05) is 18.2 Å². The van der Waals surface area contributed by atoms with Gasteiger partial charge in [0.05, 0.1) is 11.0 Å². The fourth-order valence-electron chi connectivity index (χ4n) is 2.37. The third-order valence-electron chi connectivity index (χ3n) is 3.49. The highest BCUT2D eigenvalue weighted by Crippen LogP contribution is 2.16. The molecule has 2 aromatic carbocycles. The lowest BCUT2D eigenvalue weighted by molar-refractivity contribution is -0.104. The van der Waals surface area contributed by atoms with Crippen molar-refractivity contribution >= 4 is 23.4 Å². The summed E-state index contributed by atoms with van der Waals surface area (Å²) in [6, 6.07) is 12.3. The fourth-order valence-corrected chi connectivity index (χ4v) is 2.37. The normalized spacial score (nSPS) is 10.7. The molecule has 25 heavy (non-hydrogen) atoms. The van der Waals surface area contributed by atoms with Gasteiger partial charge in [-0.2, -0.15) is 0 Å². The average Bonchev–Trinajstić information content (AvgIpc) is 3.02. The molecule has 1 aromatic heterocycles. The Kier molecular flexibility index (Phi) is 7.00. The fraction of sp³-hybridized carbons (Fsp3) is 0.158. The topological polar surface area (TPSA) is 78.0 Å². The zero-order valence-corrected chi connectivity index (χ0v) is 13.9. The van der Waals surface area contributed by atoms with E-state index in [1.54, 1.807) is 23.7 Å². The Morgan fingerprint density at radius 1 is 1.20 bits per heavy atom. The second-order valence-corrected chi connectivity index (χ2v) is 5.31. The van der Waals surface area contributed by atoms with E-state index in [9.17, 15) is 9.18 Å². The van der Waals surface area contributed by atoms with Crippen LogP contribution in [0.3, 0.4) is 0 Å². The first-order chi connectivity index (χ1) is 12.2. The van der Waals surface area contributed by atoms with Crippen molar-refractivity contribution < 1.29 is 14.4 Å². The Balaban J connectivity index is 0.000000701. The van der Waals surface area contributed by atoms with Gasteiger partial charge < -0.3 is 10.2 Å². The molecule has 0 fully saturated rings. The lowest BCUT2D eigenvalue weighted by Gasteiger charge is -1.98. The summed E-state index contributed by atoms with van der Waals surface area (Å²) >= 11 is 0. The maximum absolute atomic E-state index is 12.9. The third-order valence-corrected chi connectivity index (χ3v) is 3.49. The van der Waals surface area contributed by atoms with Crippen molar-refractivity contribution in [1.82, 2.24) is 15.4 Å². The van der Waals surface area contributed by atoms with E-state index in [0.717, 1.165) is 47.1 Å². The number of H-pyrrole nitrogens is 1. The molecule has 0 aliphatic rings. The first kappa shape index (κ1) is 18.5. The van der Waals surface area contributed by atoms with Gasteiger partial charge in [0.1, 0.15) is 17.9 Å². The Bertz CT molecular complexity index is 842. The van der Waals surface area contributed by atoms with Crippen molar-refractivity contribution in [1.29, 1.82) is 0 Å². The molecule has 0 radical (unpaired) electrons. The van der Waals surface area contributed by atoms with Crippen LogP contribution in [0.2, 0.25) is 0 Å². The second kappa shape index (κ2) is 9.46. The van der Waals surface area contributed by atoms with Crippen molar-refractivity contribution in [2.24, 2.45) is 0 Å². The average molecular weight is 341 g/mol. The van der Waals surface area contributed by atoms with E-state index in [4.69, 9.17) is 5.21 Å². The zero-order chi connectivity index (χ0) is 18.1. The Hall–Kier alpha value is -2.83. The van der Waals surface area contributed by atoms with E-state index in [2.05, 4.69) is 9.97 Å². The van der Waals surface area contributed by atoms with Gasteiger partial charge in [-0.25, -0.2) is 14.9 Å². The highest BCUT2D eigenvalue weighted by atomic mass is 19.1. The van der Waals surface area contributed by atoms with Crippen molar-refractivity contribution in [3.05, 3.63) is 71.3 Å². The van der Waals surface area contributed by atoms with Crippen LogP contribution in [0.5, 0.6) is 0 Å². The maximum atomic E-state index is 12.9. The summed E-state index contributed by atoms with van der Waals surface area (Å²) in [6.07, 6.45) is 5.54. The number of aromatic amines is 1. The Morgan fingerprint density at radius 3 is 2.60 bits per heavy atom. The van der Waals surface area contributed by atoms with Crippen LogP contribution in [0.15, 0.2) is 48.5 Å². The number of allylic oxidation sites excluding steroid dienone is 1.